The molecule has 142 valence electrons. The highest BCUT2D eigenvalue weighted by Crippen LogP contribution is 2.37. The SMILES string of the molecule is COc1cc(C)c(S(=O)(=O)Nc2ccc(Br)c(C(F)(F)F)c2)cc1OC. The third-order valence-corrected chi connectivity index (χ3v) is 5.71. The number of sulfonamides is 1. The summed E-state index contributed by atoms with van der Waals surface area (Å²) in [4.78, 5) is -0.133. The van der Waals surface area contributed by atoms with Gasteiger partial charge in [-0.15, -0.1) is 0 Å². The van der Waals surface area contributed by atoms with Crippen molar-refractivity contribution in [2.75, 3.05) is 18.9 Å². The molecule has 0 fully saturated rings. The predicted molar refractivity (Wildman–Crippen MR) is 94.2 cm³/mol. The lowest BCUT2D eigenvalue weighted by atomic mass is 10.2. The number of hydrogen-bond acceptors (Lipinski definition) is 4. The van der Waals surface area contributed by atoms with Crippen molar-refractivity contribution in [2.45, 2.75) is 18.0 Å². The normalized spacial score (nSPS) is 12.0. The Kier molecular flexibility index (Phi) is 5.76. The Labute approximate surface area is 157 Å². The van der Waals surface area contributed by atoms with Crippen LogP contribution in [0.5, 0.6) is 11.5 Å². The van der Waals surface area contributed by atoms with Gasteiger partial charge < -0.3 is 9.47 Å². The van der Waals surface area contributed by atoms with E-state index in [0.29, 0.717) is 11.3 Å². The molecule has 2 aromatic rings. The molecule has 26 heavy (non-hydrogen) atoms. The van der Waals surface area contributed by atoms with Gasteiger partial charge in [0.2, 0.25) is 0 Å². The number of rotatable bonds is 5. The smallest absolute Gasteiger partial charge is 0.417 e. The van der Waals surface area contributed by atoms with E-state index in [-0.39, 0.29) is 20.8 Å². The summed E-state index contributed by atoms with van der Waals surface area (Å²) in [7, 11) is -1.39. The van der Waals surface area contributed by atoms with Gasteiger partial charge in [-0.05, 0) is 36.8 Å². The van der Waals surface area contributed by atoms with Crippen LogP contribution in [0.1, 0.15) is 11.1 Å². The zero-order valence-electron chi connectivity index (χ0n) is 13.9. The molecule has 0 radical (unpaired) electrons. The third-order valence-electron chi connectivity index (χ3n) is 3.49. The van der Waals surface area contributed by atoms with Gasteiger partial charge in [-0.1, -0.05) is 15.9 Å². The number of ether oxygens (including phenoxy) is 2. The van der Waals surface area contributed by atoms with Crippen molar-refractivity contribution in [1.82, 2.24) is 0 Å². The van der Waals surface area contributed by atoms with E-state index >= 15 is 0 Å². The molecule has 10 heteroatoms. The topological polar surface area (TPSA) is 64.6 Å². The Balaban J connectivity index is 2.47. The minimum Gasteiger partial charge on any atom is -0.493 e. The van der Waals surface area contributed by atoms with E-state index in [9.17, 15) is 21.6 Å². The lowest BCUT2D eigenvalue weighted by molar-refractivity contribution is -0.138. The fraction of sp³-hybridized carbons (Fsp3) is 0.250. The average Bonchev–Trinajstić information content (AvgIpc) is 2.54. The molecule has 2 rings (SSSR count). The third kappa shape index (κ3) is 4.24. The molecule has 5 nitrogen and oxygen atoms in total. The molecule has 0 unspecified atom stereocenters. The van der Waals surface area contributed by atoms with E-state index in [1.807, 2.05) is 0 Å². The van der Waals surface area contributed by atoms with Crippen LogP contribution in [0.4, 0.5) is 18.9 Å². The molecule has 0 heterocycles. The molecule has 0 aliphatic heterocycles. The number of benzene rings is 2. The Bertz CT molecular complexity index is 930. The van der Waals surface area contributed by atoms with Gasteiger partial charge in [0.1, 0.15) is 0 Å². The van der Waals surface area contributed by atoms with E-state index in [1.165, 1.54) is 32.4 Å². The average molecular weight is 454 g/mol. The molecular weight excluding hydrogens is 439 g/mol. The molecule has 0 bridgehead atoms. The van der Waals surface area contributed by atoms with E-state index in [2.05, 4.69) is 20.7 Å². The summed E-state index contributed by atoms with van der Waals surface area (Å²) in [5.41, 5.74) is -0.847. The van der Waals surface area contributed by atoms with E-state index in [0.717, 1.165) is 12.1 Å². The van der Waals surface area contributed by atoms with Gasteiger partial charge in [0.05, 0.1) is 24.7 Å². The second kappa shape index (κ2) is 7.36. The fourth-order valence-corrected chi connectivity index (χ4v) is 4.03. The molecule has 0 aliphatic carbocycles. The minimum absolute atomic E-state index is 0.133. The van der Waals surface area contributed by atoms with Gasteiger partial charge >= 0.3 is 6.18 Å². The van der Waals surface area contributed by atoms with Crippen LogP contribution >= 0.6 is 15.9 Å². The zero-order chi connectivity index (χ0) is 19.7. The second-order valence-electron chi connectivity index (χ2n) is 5.27. The summed E-state index contributed by atoms with van der Waals surface area (Å²) in [6, 6.07) is 5.79. The number of alkyl halides is 3. The van der Waals surface area contributed by atoms with Crippen molar-refractivity contribution >= 4 is 31.6 Å². The molecule has 0 amide bonds. The molecule has 1 N–H and O–H groups in total. The van der Waals surface area contributed by atoms with Crippen LogP contribution < -0.4 is 14.2 Å². The first kappa shape index (κ1) is 20.4. The van der Waals surface area contributed by atoms with Gasteiger partial charge in [0.25, 0.3) is 10.0 Å². The van der Waals surface area contributed by atoms with Crippen LogP contribution in [-0.2, 0) is 16.2 Å². The van der Waals surface area contributed by atoms with Crippen molar-refractivity contribution in [3.8, 4) is 11.5 Å². The van der Waals surface area contributed by atoms with Crippen molar-refractivity contribution in [1.29, 1.82) is 0 Å². The van der Waals surface area contributed by atoms with Crippen LogP contribution in [0.15, 0.2) is 39.7 Å². The molecule has 0 spiro atoms. The number of aryl methyl sites for hydroxylation is 1. The van der Waals surface area contributed by atoms with Crippen LogP contribution in [0.2, 0.25) is 0 Å². The van der Waals surface area contributed by atoms with Gasteiger partial charge in [-0.2, -0.15) is 13.2 Å². The maximum absolute atomic E-state index is 13.0. The Hall–Kier alpha value is -1.94. The number of methoxy groups -OCH3 is 2. The Morgan fingerprint density at radius 2 is 1.62 bits per heavy atom. The van der Waals surface area contributed by atoms with E-state index in [1.54, 1.807) is 6.92 Å². The lowest BCUT2D eigenvalue weighted by Gasteiger charge is -2.15. The first-order chi connectivity index (χ1) is 12.0. The summed E-state index contributed by atoms with van der Waals surface area (Å²) in [6.45, 7) is 1.54. The fourth-order valence-electron chi connectivity index (χ4n) is 2.27. The lowest BCUT2D eigenvalue weighted by Crippen LogP contribution is -2.15. The maximum Gasteiger partial charge on any atom is 0.417 e. The Morgan fingerprint density at radius 1 is 1.04 bits per heavy atom. The van der Waals surface area contributed by atoms with Gasteiger partial charge in [0, 0.05) is 16.2 Å². The first-order valence-corrected chi connectivity index (χ1v) is 9.39. The summed E-state index contributed by atoms with van der Waals surface area (Å²) < 4.78 is 76.4. The number of hydrogen-bond donors (Lipinski definition) is 1. The number of anilines is 1. The van der Waals surface area contributed by atoms with Crippen molar-refractivity contribution in [2.24, 2.45) is 0 Å². The van der Waals surface area contributed by atoms with Gasteiger partial charge in [-0.25, -0.2) is 8.42 Å². The summed E-state index contributed by atoms with van der Waals surface area (Å²) in [5, 5.41) is 0. The molecule has 0 aromatic heterocycles. The standard InChI is InChI=1S/C16H15BrF3NO4S/c1-9-6-13(24-2)14(25-3)8-15(9)26(22,23)21-10-4-5-12(17)11(7-10)16(18,19)20/h4-8,21H,1-3H3. The summed E-state index contributed by atoms with van der Waals surface area (Å²) >= 11 is 2.81. The van der Waals surface area contributed by atoms with Gasteiger partial charge in [0.15, 0.2) is 11.5 Å². The van der Waals surface area contributed by atoms with Crippen LogP contribution in [0, 0.1) is 6.92 Å². The highest BCUT2D eigenvalue weighted by atomic mass is 79.9. The first-order valence-electron chi connectivity index (χ1n) is 7.11. The van der Waals surface area contributed by atoms with Crippen molar-refractivity contribution < 1.29 is 31.1 Å². The van der Waals surface area contributed by atoms with E-state index < -0.39 is 21.8 Å². The summed E-state index contributed by atoms with van der Waals surface area (Å²) in [5.74, 6) is 0.525. The Morgan fingerprint density at radius 3 is 2.15 bits per heavy atom. The maximum atomic E-state index is 13.0. The number of nitrogens with one attached hydrogen (secondary N) is 1. The van der Waals surface area contributed by atoms with Crippen LogP contribution in [-0.4, -0.2) is 22.6 Å². The number of halogens is 4. The largest absolute Gasteiger partial charge is 0.493 e. The zero-order valence-corrected chi connectivity index (χ0v) is 16.3. The highest BCUT2D eigenvalue weighted by molar-refractivity contribution is 9.10. The van der Waals surface area contributed by atoms with Crippen LogP contribution in [0.3, 0.4) is 0 Å². The van der Waals surface area contributed by atoms with Crippen LogP contribution in [0.25, 0.3) is 0 Å². The predicted octanol–water partition coefficient (Wildman–Crippen LogP) is 4.59. The van der Waals surface area contributed by atoms with E-state index in [4.69, 9.17) is 9.47 Å². The molecule has 0 atom stereocenters. The highest BCUT2D eigenvalue weighted by Gasteiger charge is 2.33. The molecule has 2 aromatic carbocycles. The molecule has 0 aliphatic rings. The molecule has 0 saturated carbocycles. The molecule has 0 saturated heterocycles. The van der Waals surface area contributed by atoms with Gasteiger partial charge in [-0.3, -0.25) is 4.72 Å². The second-order valence-corrected chi connectivity index (χ2v) is 7.78. The minimum atomic E-state index is -4.63. The quantitative estimate of drug-likeness (QED) is 0.718. The monoisotopic (exact) mass is 453 g/mol. The van der Waals surface area contributed by atoms with Crippen molar-refractivity contribution in [3.05, 3.63) is 45.9 Å². The molecular formula is C16H15BrF3NO4S. The summed E-state index contributed by atoms with van der Waals surface area (Å²) in [6.07, 6.45) is -4.63. The van der Waals surface area contributed by atoms with Crippen molar-refractivity contribution in [3.63, 3.8) is 0 Å².